The number of hydrogen-bond acceptors (Lipinski definition) is 4. The molecule has 0 saturated carbocycles. The van der Waals surface area contributed by atoms with Crippen LogP contribution in [-0.4, -0.2) is 35.8 Å². The van der Waals surface area contributed by atoms with Gasteiger partial charge in [-0.15, -0.1) is 0 Å². The highest BCUT2D eigenvalue weighted by Gasteiger charge is 2.28. The maximum absolute atomic E-state index is 12.1. The van der Waals surface area contributed by atoms with Gasteiger partial charge in [-0.1, -0.05) is 12.5 Å². The summed E-state index contributed by atoms with van der Waals surface area (Å²) in [7, 11) is 0. The smallest absolute Gasteiger partial charge is 0.238 e. The predicted octanol–water partition coefficient (Wildman–Crippen LogP) is 0.837. The van der Waals surface area contributed by atoms with Gasteiger partial charge in [0.05, 0.1) is 24.2 Å². The SMILES string of the molecule is N#Cc1cccc(NC(=O)CN2CCCC[C@H]2C(N)=O)c1. The standard InChI is InChI=1S/C15H18N4O2/c16-9-11-4-3-5-12(8-11)18-14(20)10-19-7-2-1-6-13(19)15(17)21/h3-5,8,13H,1-2,6-7,10H2,(H2,17,21)(H,18,20)/t13-/m0/s1. The fraction of sp³-hybridized carbons (Fsp3) is 0.400. The molecule has 2 amide bonds. The molecule has 2 rings (SSSR count). The summed E-state index contributed by atoms with van der Waals surface area (Å²) in [4.78, 5) is 25.3. The van der Waals surface area contributed by atoms with Crippen molar-refractivity contribution >= 4 is 17.5 Å². The minimum atomic E-state index is -0.381. The van der Waals surface area contributed by atoms with Crippen molar-refractivity contribution < 1.29 is 9.59 Å². The molecule has 0 spiro atoms. The normalized spacial score (nSPS) is 18.7. The third-order valence-corrected chi connectivity index (χ3v) is 3.56. The van der Waals surface area contributed by atoms with Gasteiger partial charge in [-0.25, -0.2) is 0 Å². The van der Waals surface area contributed by atoms with E-state index in [1.807, 2.05) is 11.0 Å². The van der Waals surface area contributed by atoms with E-state index in [1.165, 1.54) is 0 Å². The molecular formula is C15H18N4O2. The Morgan fingerprint density at radius 1 is 1.43 bits per heavy atom. The molecule has 1 fully saturated rings. The summed E-state index contributed by atoms with van der Waals surface area (Å²) >= 11 is 0. The van der Waals surface area contributed by atoms with E-state index in [9.17, 15) is 9.59 Å². The zero-order valence-electron chi connectivity index (χ0n) is 11.7. The van der Waals surface area contributed by atoms with Gasteiger partial charge >= 0.3 is 0 Å². The Kier molecular flexibility index (Phi) is 4.90. The van der Waals surface area contributed by atoms with Crippen molar-refractivity contribution in [2.45, 2.75) is 25.3 Å². The van der Waals surface area contributed by atoms with E-state index in [0.29, 0.717) is 24.2 Å². The molecule has 6 heteroatoms. The molecule has 1 aromatic carbocycles. The third kappa shape index (κ3) is 4.04. The molecule has 0 unspecified atom stereocenters. The zero-order chi connectivity index (χ0) is 15.2. The number of nitriles is 1. The molecule has 3 N–H and O–H groups in total. The number of nitrogens with zero attached hydrogens (tertiary/aromatic N) is 2. The quantitative estimate of drug-likeness (QED) is 0.856. The highest BCUT2D eigenvalue weighted by molar-refractivity contribution is 5.93. The second-order valence-corrected chi connectivity index (χ2v) is 5.13. The number of hydrogen-bond donors (Lipinski definition) is 2. The van der Waals surface area contributed by atoms with Crippen LogP contribution in [-0.2, 0) is 9.59 Å². The summed E-state index contributed by atoms with van der Waals surface area (Å²) in [5.74, 6) is -0.591. The lowest BCUT2D eigenvalue weighted by Crippen LogP contribution is -2.50. The molecular weight excluding hydrogens is 268 g/mol. The Hall–Kier alpha value is -2.39. The van der Waals surface area contributed by atoms with Crippen molar-refractivity contribution in [2.75, 3.05) is 18.4 Å². The molecule has 1 aromatic rings. The van der Waals surface area contributed by atoms with E-state index in [0.717, 1.165) is 12.8 Å². The van der Waals surface area contributed by atoms with E-state index < -0.39 is 0 Å². The Balaban J connectivity index is 1.97. The summed E-state index contributed by atoms with van der Waals surface area (Å²) in [6.45, 7) is 0.823. The molecule has 0 radical (unpaired) electrons. The predicted molar refractivity (Wildman–Crippen MR) is 78.2 cm³/mol. The first kappa shape index (κ1) is 15.0. The van der Waals surface area contributed by atoms with Crippen LogP contribution < -0.4 is 11.1 Å². The molecule has 0 bridgehead atoms. The lowest BCUT2D eigenvalue weighted by Gasteiger charge is -2.32. The van der Waals surface area contributed by atoms with E-state index in [4.69, 9.17) is 11.0 Å². The number of primary amides is 1. The molecule has 0 aromatic heterocycles. The van der Waals surface area contributed by atoms with Gasteiger partial charge in [0.1, 0.15) is 0 Å². The fourth-order valence-corrected chi connectivity index (χ4v) is 2.55. The van der Waals surface area contributed by atoms with Crippen molar-refractivity contribution in [1.29, 1.82) is 5.26 Å². The first-order valence-electron chi connectivity index (χ1n) is 6.93. The molecule has 1 saturated heterocycles. The van der Waals surface area contributed by atoms with Crippen LogP contribution in [0.5, 0.6) is 0 Å². The van der Waals surface area contributed by atoms with Crippen LogP contribution in [0.1, 0.15) is 24.8 Å². The Morgan fingerprint density at radius 2 is 2.24 bits per heavy atom. The maximum Gasteiger partial charge on any atom is 0.238 e. The average Bonchev–Trinajstić information content (AvgIpc) is 2.47. The minimum Gasteiger partial charge on any atom is -0.368 e. The molecule has 110 valence electrons. The first-order valence-corrected chi connectivity index (χ1v) is 6.93. The highest BCUT2D eigenvalue weighted by atomic mass is 16.2. The van der Waals surface area contributed by atoms with Crippen LogP contribution in [0.15, 0.2) is 24.3 Å². The van der Waals surface area contributed by atoms with Gasteiger partial charge in [-0.05, 0) is 37.6 Å². The summed E-state index contributed by atoms with van der Waals surface area (Å²) in [6, 6.07) is 8.37. The topological polar surface area (TPSA) is 99.2 Å². The number of carbonyl (C=O) groups is 2. The summed E-state index contributed by atoms with van der Waals surface area (Å²) < 4.78 is 0. The number of amides is 2. The van der Waals surface area contributed by atoms with Gasteiger partial charge in [-0.2, -0.15) is 5.26 Å². The van der Waals surface area contributed by atoms with Crippen LogP contribution in [0.4, 0.5) is 5.69 Å². The number of benzene rings is 1. The summed E-state index contributed by atoms with van der Waals surface area (Å²) in [5.41, 5.74) is 6.44. The number of likely N-dealkylation sites (tertiary alicyclic amines) is 1. The second-order valence-electron chi connectivity index (χ2n) is 5.13. The highest BCUT2D eigenvalue weighted by Crippen LogP contribution is 2.17. The number of nitrogens with two attached hydrogens (primary N) is 1. The lowest BCUT2D eigenvalue weighted by atomic mass is 10.0. The van der Waals surface area contributed by atoms with Crippen LogP contribution >= 0.6 is 0 Å². The van der Waals surface area contributed by atoms with Crippen LogP contribution in [0.3, 0.4) is 0 Å². The van der Waals surface area contributed by atoms with E-state index in [1.54, 1.807) is 24.3 Å². The molecule has 1 aliphatic rings. The number of carbonyl (C=O) groups excluding carboxylic acids is 2. The summed E-state index contributed by atoms with van der Waals surface area (Å²) in [5, 5.41) is 11.6. The number of piperidine rings is 1. The minimum absolute atomic E-state index is 0.129. The van der Waals surface area contributed by atoms with Crippen molar-refractivity contribution in [1.82, 2.24) is 4.90 Å². The van der Waals surface area contributed by atoms with Gasteiger partial charge in [0.2, 0.25) is 11.8 Å². The summed E-state index contributed by atoms with van der Waals surface area (Å²) in [6.07, 6.45) is 2.61. The lowest BCUT2D eigenvalue weighted by molar-refractivity contribution is -0.126. The Morgan fingerprint density at radius 3 is 2.95 bits per heavy atom. The van der Waals surface area contributed by atoms with Gasteiger partial charge < -0.3 is 11.1 Å². The van der Waals surface area contributed by atoms with Crippen molar-refractivity contribution in [2.24, 2.45) is 5.73 Å². The Bertz CT molecular complexity index is 579. The molecule has 6 nitrogen and oxygen atoms in total. The number of nitrogens with one attached hydrogen (secondary N) is 1. The average molecular weight is 286 g/mol. The maximum atomic E-state index is 12.1. The molecule has 1 atom stereocenters. The molecule has 1 heterocycles. The van der Waals surface area contributed by atoms with Crippen molar-refractivity contribution in [3.8, 4) is 6.07 Å². The van der Waals surface area contributed by atoms with Crippen LogP contribution in [0.25, 0.3) is 0 Å². The third-order valence-electron chi connectivity index (χ3n) is 3.56. The fourth-order valence-electron chi connectivity index (χ4n) is 2.55. The van der Waals surface area contributed by atoms with Gasteiger partial charge in [0, 0.05) is 5.69 Å². The Labute approximate surface area is 123 Å². The largest absolute Gasteiger partial charge is 0.368 e. The molecule has 21 heavy (non-hydrogen) atoms. The number of rotatable bonds is 4. The van der Waals surface area contributed by atoms with Crippen molar-refractivity contribution in [3.63, 3.8) is 0 Å². The first-order chi connectivity index (χ1) is 10.1. The van der Waals surface area contributed by atoms with E-state index in [-0.39, 0.29) is 24.4 Å². The van der Waals surface area contributed by atoms with Crippen LogP contribution in [0, 0.1) is 11.3 Å². The van der Waals surface area contributed by atoms with Gasteiger partial charge in [-0.3, -0.25) is 14.5 Å². The molecule has 1 aliphatic heterocycles. The van der Waals surface area contributed by atoms with Crippen molar-refractivity contribution in [3.05, 3.63) is 29.8 Å². The van der Waals surface area contributed by atoms with Crippen LogP contribution in [0.2, 0.25) is 0 Å². The van der Waals surface area contributed by atoms with Gasteiger partial charge in [0.15, 0.2) is 0 Å². The monoisotopic (exact) mass is 286 g/mol. The number of anilines is 1. The second kappa shape index (κ2) is 6.86. The zero-order valence-corrected chi connectivity index (χ0v) is 11.7. The van der Waals surface area contributed by atoms with E-state index in [2.05, 4.69) is 5.32 Å². The van der Waals surface area contributed by atoms with Gasteiger partial charge in [0.25, 0.3) is 0 Å². The molecule has 0 aliphatic carbocycles. The van der Waals surface area contributed by atoms with E-state index >= 15 is 0 Å².